The number of aryl methyl sites for hydroxylation is 1. The lowest BCUT2D eigenvalue weighted by atomic mass is 10.1. The van der Waals surface area contributed by atoms with Crippen molar-refractivity contribution < 1.29 is 4.79 Å². The number of nitrogens with zero attached hydrogens (tertiary/aromatic N) is 1. The van der Waals surface area contributed by atoms with Crippen LogP contribution in [0.4, 0.5) is 0 Å². The Hall–Kier alpha value is -2.16. The van der Waals surface area contributed by atoms with Crippen molar-refractivity contribution in [2.75, 3.05) is 0 Å². The third-order valence-corrected chi connectivity index (χ3v) is 3.07. The van der Waals surface area contributed by atoms with Crippen LogP contribution in [0.25, 0.3) is 0 Å². The summed E-state index contributed by atoms with van der Waals surface area (Å²) in [4.78, 5) is 15.8. The maximum atomic E-state index is 11.9. The lowest BCUT2D eigenvalue weighted by Gasteiger charge is -2.14. The van der Waals surface area contributed by atoms with Crippen molar-refractivity contribution in [2.24, 2.45) is 0 Å². The zero-order valence-corrected chi connectivity index (χ0v) is 11.0. The summed E-state index contributed by atoms with van der Waals surface area (Å²) in [6, 6.07) is 13.9. The fourth-order valence-corrected chi connectivity index (χ4v) is 1.95. The summed E-state index contributed by atoms with van der Waals surface area (Å²) in [7, 11) is 0. The number of nitrogens with one attached hydrogen (secondary N) is 1. The van der Waals surface area contributed by atoms with Crippen LogP contribution in [0.5, 0.6) is 0 Å². The largest absolute Gasteiger partial charge is 0.350 e. The first-order valence-corrected chi connectivity index (χ1v) is 6.49. The standard InChI is InChI=1S/C16H18N2O/c1-13(15-5-3-2-4-6-15)18-16(19)8-7-14-9-11-17-12-10-14/h2-6,9-13H,7-8H2,1H3,(H,18,19)/t13-/m0/s1. The molecule has 0 saturated carbocycles. The first-order valence-electron chi connectivity index (χ1n) is 6.49. The van der Waals surface area contributed by atoms with Crippen LogP contribution in [0.15, 0.2) is 54.9 Å². The minimum absolute atomic E-state index is 0.0474. The third-order valence-electron chi connectivity index (χ3n) is 3.07. The van der Waals surface area contributed by atoms with E-state index in [1.807, 2.05) is 49.4 Å². The highest BCUT2D eigenvalue weighted by atomic mass is 16.1. The molecule has 3 nitrogen and oxygen atoms in total. The summed E-state index contributed by atoms with van der Waals surface area (Å²) in [6.45, 7) is 2.00. The zero-order chi connectivity index (χ0) is 13.5. The zero-order valence-electron chi connectivity index (χ0n) is 11.0. The molecule has 0 fully saturated rings. The molecule has 0 aliphatic heterocycles. The van der Waals surface area contributed by atoms with Gasteiger partial charge in [0.05, 0.1) is 6.04 Å². The van der Waals surface area contributed by atoms with Gasteiger partial charge < -0.3 is 5.32 Å². The lowest BCUT2D eigenvalue weighted by molar-refractivity contribution is -0.121. The number of hydrogen-bond donors (Lipinski definition) is 1. The van der Waals surface area contributed by atoms with Crippen LogP contribution in [0.1, 0.15) is 30.5 Å². The van der Waals surface area contributed by atoms with Crippen LogP contribution in [0.2, 0.25) is 0 Å². The molecule has 2 aromatic rings. The molecule has 1 aromatic heterocycles. The summed E-state index contributed by atoms with van der Waals surface area (Å²) < 4.78 is 0. The van der Waals surface area contributed by atoms with Gasteiger partial charge in [-0.3, -0.25) is 9.78 Å². The molecule has 0 aliphatic rings. The number of pyridine rings is 1. The minimum Gasteiger partial charge on any atom is -0.350 e. The van der Waals surface area contributed by atoms with Crippen molar-refractivity contribution in [3.63, 3.8) is 0 Å². The molecule has 0 radical (unpaired) electrons. The third kappa shape index (κ3) is 4.21. The lowest BCUT2D eigenvalue weighted by Crippen LogP contribution is -2.26. The van der Waals surface area contributed by atoms with Gasteiger partial charge in [0.15, 0.2) is 0 Å². The average Bonchev–Trinajstić information content (AvgIpc) is 2.47. The van der Waals surface area contributed by atoms with Gasteiger partial charge in [0.2, 0.25) is 5.91 Å². The van der Waals surface area contributed by atoms with Crippen LogP contribution in [-0.2, 0) is 11.2 Å². The number of rotatable bonds is 5. The molecule has 19 heavy (non-hydrogen) atoms. The molecule has 0 unspecified atom stereocenters. The molecular formula is C16H18N2O. The fraction of sp³-hybridized carbons (Fsp3) is 0.250. The number of hydrogen-bond acceptors (Lipinski definition) is 2. The molecular weight excluding hydrogens is 236 g/mol. The summed E-state index contributed by atoms with van der Waals surface area (Å²) >= 11 is 0. The first kappa shape index (κ1) is 13.3. The Morgan fingerprint density at radius 2 is 1.84 bits per heavy atom. The van der Waals surface area contributed by atoms with Crippen molar-refractivity contribution in [3.8, 4) is 0 Å². The van der Waals surface area contributed by atoms with Crippen LogP contribution >= 0.6 is 0 Å². The SMILES string of the molecule is C[C@H](NC(=O)CCc1ccncc1)c1ccccc1. The Morgan fingerprint density at radius 1 is 1.16 bits per heavy atom. The molecule has 98 valence electrons. The Kier molecular flexibility index (Phi) is 4.67. The summed E-state index contributed by atoms with van der Waals surface area (Å²) in [5.74, 6) is 0.0770. The van der Waals surface area contributed by atoms with E-state index in [9.17, 15) is 4.79 Å². The first-order chi connectivity index (χ1) is 9.25. The van der Waals surface area contributed by atoms with Crippen LogP contribution in [0, 0.1) is 0 Å². The summed E-state index contributed by atoms with van der Waals surface area (Å²) in [6.07, 6.45) is 4.75. The van der Waals surface area contributed by atoms with Gasteiger partial charge >= 0.3 is 0 Å². The molecule has 0 aliphatic carbocycles. The van der Waals surface area contributed by atoms with E-state index in [1.165, 1.54) is 0 Å². The van der Waals surface area contributed by atoms with Gasteiger partial charge in [-0.2, -0.15) is 0 Å². The number of aromatic nitrogens is 1. The highest BCUT2D eigenvalue weighted by Gasteiger charge is 2.08. The second kappa shape index (κ2) is 6.69. The Labute approximate surface area is 113 Å². The number of benzene rings is 1. The quantitative estimate of drug-likeness (QED) is 0.891. The van der Waals surface area contributed by atoms with E-state index in [-0.39, 0.29) is 11.9 Å². The van der Waals surface area contributed by atoms with E-state index in [0.717, 1.165) is 17.5 Å². The van der Waals surface area contributed by atoms with Crippen molar-refractivity contribution in [3.05, 3.63) is 66.0 Å². The topological polar surface area (TPSA) is 42.0 Å². The van der Waals surface area contributed by atoms with Gasteiger partial charge in [0.1, 0.15) is 0 Å². The van der Waals surface area contributed by atoms with E-state index in [1.54, 1.807) is 12.4 Å². The average molecular weight is 254 g/mol. The predicted octanol–water partition coefficient (Wildman–Crippen LogP) is 2.89. The highest BCUT2D eigenvalue weighted by molar-refractivity contribution is 5.76. The van der Waals surface area contributed by atoms with Crippen LogP contribution in [0.3, 0.4) is 0 Å². The van der Waals surface area contributed by atoms with Gasteiger partial charge in [0, 0.05) is 18.8 Å². The molecule has 1 N–H and O–H groups in total. The van der Waals surface area contributed by atoms with Crippen LogP contribution in [-0.4, -0.2) is 10.9 Å². The van der Waals surface area contributed by atoms with Crippen molar-refractivity contribution >= 4 is 5.91 Å². The number of carbonyl (C=O) groups is 1. The fourth-order valence-electron chi connectivity index (χ4n) is 1.95. The molecule has 1 aromatic carbocycles. The van der Waals surface area contributed by atoms with Gasteiger partial charge in [0.25, 0.3) is 0 Å². The van der Waals surface area contributed by atoms with Gasteiger partial charge in [-0.15, -0.1) is 0 Å². The van der Waals surface area contributed by atoms with E-state index >= 15 is 0 Å². The summed E-state index contributed by atoms with van der Waals surface area (Å²) in [5.41, 5.74) is 2.26. The minimum atomic E-state index is 0.0474. The van der Waals surface area contributed by atoms with Crippen molar-refractivity contribution in [1.29, 1.82) is 0 Å². The van der Waals surface area contributed by atoms with Crippen LogP contribution < -0.4 is 5.32 Å². The molecule has 0 spiro atoms. The van der Waals surface area contributed by atoms with E-state index in [0.29, 0.717) is 6.42 Å². The molecule has 0 saturated heterocycles. The van der Waals surface area contributed by atoms with E-state index in [2.05, 4.69) is 10.3 Å². The highest BCUT2D eigenvalue weighted by Crippen LogP contribution is 2.11. The summed E-state index contributed by atoms with van der Waals surface area (Å²) in [5, 5.41) is 3.01. The maximum Gasteiger partial charge on any atom is 0.220 e. The monoisotopic (exact) mass is 254 g/mol. The van der Waals surface area contributed by atoms with E-state index < -0.39 is 0 Å². The second-order valence-corrected chi connectivity index (χ2v) is 4.56. The molecule has 1 atom stereocenters. The van der Waals surface area contributed by atoms with Crippen molar-refractivity contribution in [2.45, 2.75) is 25.8 Å². The van der Waals surface area contributed by atoms with E-state index in [4.69, 9.17) is 0 Å². The van der Waals surface area contributed by atoms with Gasteiger partial charge in [-0.1, -0.05) is 30.3 Å². The predicted molar refractivity (Wildman–Crippen MR) is 75.6 cm³/mol. The molecule has 3 heteroatoms. The van der Waals surface area contributed by atoms with Gasteiger partial charge in [-0.05, 0) is 36.6 Å². The Balaban J connectivity index is 1.82. The Morgan fingerprint density at radius 3 is 2.53 bits per heavy atom. The molecule has 2 rings (SSSR count). The molecule has 1 heterocycles. The molecule has 0 bridgehead atoms. The second-order valence-electron chi connectivity index (χ2n) is 4.56. The number of amides is 1. The van der Waals surface area contributed by atoms with Crippen molar-refractivity contribution in [1.82, 2.24) is 10.3 Å². The van der Waals surface area contributed by atoms with Gasteiger partial charge in [-0.25, -0.2) is 0 Å². The molecule has 1 amide bonds. The smallest absolute Gasteiger partial charge is 0.220 e. The normalized spacial score (nSPS) is 11.8. The maximum absolute atomic E-state index is 11.9. The number of carbonyl (C=O) groups excluding carboxylic acids is 1. The Bertz CT molecular complexity index is 511.